The van der Waals surface area contributed by atoms with E-state index in [0.717, 1.165) is 25.0 Å². The summed E-state index contributed by atoms with van der Waals surface area (Å²) in [7, 11) is 0. The number of carbonyl (C=O) groups is 2. The van der Waals surface area contributed by atoms with Crippen molar-refractivity contribution in [2.24, 2.45) is 0 Å². The van der Waals surface area contributed by atoms with E-state index in [2.05, 4.69) is 0 Å². The second kappa shape index (κ2) is 5.49. The zero-order valence-corrected chi connectivity index (χ0v) is 10.3. The molecular formula is C12H16O6. The van der Waals surface area contributed by atoms with Crippen LogP contribution in [0.4, 0.5) is 0 Å². The minimum absolute atomic E-state index is 0.0144. The number of esters is 2. The van der Waals surface area contributed by atoms with E-state index in [1.54, 1.807) is 0 Å². The monoisotopic (exact) mass is 256 g/mol. The fraction of sp³-hybridized carbons (Fsp3) is 0.667. The molecule has 2 saturated heterocycles. The molecule has 18 heavy (non-hydrogen) atoms. The predicted molar refractivity (Wildman–Crippen MR) is 59.2 cm³/mol. The third-order valence-electron chi connectivity index (χ3n) is 2.70. The van der Waals surface area contributed by atoms with Crippen LogP contribution in [0.1, 0.15) is 26.7 Å². The van der Waals surface area contributed by atoms with Crippen LogP contribution in [0.5, 0.6) is 0 Å². The summed E-state index contributed by atoms with van der Waals surface area (Å²) in [5, 5.41) is 0. The van der Waals surface area contributed by atoms with Gasteiger partial charge < -0.3 is 18.9 Å². The number of rotatable bonds is 6. The van der Waals surface area contributed by atoms with Crippen LogP contribution in [0.3, 0.4) is 0 Å². The highest BCUT2D eigenvalue weighted by atomic mass is 16.8. The van der Waals surface area contributed by atoms with Crippen LogP contribution in [-0.2, 0) is 28.5 Å². The average Bonchev–Trinajstić information content (AvgIpc) is 3.23. The Bertz CT molecular complexity index is 330. The van der Waals surface area contributed by atoms with E-state index in [0.29, 0.717) is 0 Å². The largest absolute Gasteiger partial charge is 0.430 e. The van der Waals surface area contributed by atoms with E-state index in [4.69, 9.17) is 18.9 Å². The molecule has 2 heterocycles. The molecule has 2 aliphatic rings. The SMILES string of the molecule is CCC1OC1OC(=O)/C=C\C(=O)OC1OC1CC. The lowest BCUT2D eigenvalue weighted by molar-refractivity contribution is -0.145. The Balaban J connectivity index is 1.64. The third-order valence-corrected chi connectivity index (χ3v) is 2.70. The van der Waals surface area contributed by atoms with Crippen LogP contribution in [0.25, 0.3) is 0 Å². The van der Waals surface area contributed by atoms with Gasteiger partial charge in [0.2, 0.25) is 12.6 Å². The van der Waals surface area contributed by atoms with Crippen LogP contribution in [0, 0.1) is 0 Å². The van der Waals surface area contributed by atoms with E-state index >= 15 is 0 Å². The highest BCUT2D eigenvalue weighted by molar-refractivity contribution is 5.91. The molecule has 4 unspecified atom stereocenters. The van der Waals surface area contributed by atoms with Gasteiger partial charge >= 0.3 is 11.9 Å². The van der Waals surface area contributed by atoms with Gasteiger partial charge in [-0.1, -0.05) is 13.8 Å². The van der Waals surface area contributed by atoms with E-state index in [1.165, 1.54) is 0 Å². The van der Waals surface area contributed by atoms with Crippen molar-refractivity contribution >= 4 is 11.9 Å². The first-order chi connectivity index (χ1) is 8.63. The summed E-state index contributed by atoms with van der Waals surface area (Å²) in [5.41, 5.74) is 0. The molecular weight excluding hydrogens is 240 g/mol. The van der Waals surface area contributed by atoms with Gasteiger partial charge in [-0.25, -0.2) is 9.59 Å². The van der Waals surface area contributed by atoms with Gasteiger partial charge in [0, 0.05) is 12.2 Å². The van der Waals surface area contributed by atoms with Crippen molar-refractivity contribution < 1.29 is 28.5 Å². The van der Waals surface area contributed by atoms with Crippen molar-refractivity contribution in [3.05, 3.63) is 12.2 Å². The van der Waals surface area contributed by atoms with Gasteiger partial charge in [-0.05, 0) is 12.8 Å². The summed E-state index contributed by atoms with van der Waals surface area (Å²) < 4.78 is 19.8. The maximum Gasteiger partial charge on any atom is 0.333 e. The van der Waals surface area contributed by atoms with E-state index < -0.39 is 24.5 Å². The number of carbonyl (C=O) groups excluding carboxylic acids is 2. The van der Waals surface area contributed by atoms with Crippen molar-refractivity contribution in [3.63, 3.8) is 0 Å². The lowest BCUT2D eigenvalue weighted by Crippen LogP contribution is -2.09. The molecule has 0 amide bonds. The highest BCUT2D eigenvalue weighted by Gasteiger charge is 2.41. The molecule has 0 aromatic rings. The molecule has 2 fully saturated rings. The first-order valence-electron chi connectivity index (χ1n) is 6.04. The molecule has 0 spiro atoms. The zero-order chi connectivity index (χ0) is 13.1. The van der Waals surface area contributed by atoms with E-state index in [9.17, 15) is 9.59 Å². The molecule has 2 rings (SSSR count). The highest BCUT2D eigenvalue weighted by Crippen LogP contribution is 2.27. The summed E-state index contributed by atoms with van der Waals surface area (Å²) in [4.78, 5) is 22.5. The predicted octanol–water partition coefficient (Wildman–Crippen LogP) is 0.899. The first-order valence-corrected chi connectivity index (χ1v) is 6.04. The zero-order valence-electron chi connectivity index (χ0n) is 10.3. The van der Waals surface area contributed by atoms with Crippen molar-refractivity contribution in [2.75, 3.05) is 0 Å². The molecule has 6 heteroatoms. The number of hydrogen-bond donors (Lipinski definition) is 0. The molecule has 0 aromatic heterocycles. The summed E-state index contributed by atoms with van der Waals surface area (Å²) in [6, 6.07) is 0. The number of ether oxygens (including phenoxy) is 4. The number of hydrogen-bond acceptors (Lipinski definition) is 6. The Labute approximate surface area is 105 Å². The summed E-state index contributed by atoms with van der Waals surface area (Å²) in [5.74, 6) is -1.23. The second-order valence-corrected chi connectivity index (χ2v) is 4.11. The second-order valence-electron chi connectivity index (χ2n) is 4.11. The molecule has 4 atom stereocenters. The molecule has 2 aliphatic heterocycles. The molecule has 0 radical (unpaired) electrons. The van der Waals surface area contributed by atoms with Crippen molar-refractivity contribution in [1.29, 1.82) is 0 Å². The van der Waals surface area contributed by atoms with Crippen LogP contribution >= 0.6 is 0 Å². The van der Waals surface area contributed by atoms with Crippen LogP contribution in [-0.4, -0.2) is 36.7 Å². The quantitative estimate of drug-likeness (QED) is 0.399. The van der Waals surface area contributed by atoms with Gasteiger partial charge in [0.25, 0.3) is 0 Å². The average molecular weight is 256 g/mol. The maximum absolute atomic E-state index is 11.3. The molecule has 0 aliphatic carbocycles. The van der Waals surface area contributed by atoms with Gasteiger partial charge in [0.15, 0.2) is 0 Å². The normalized spacial score (nSPS) is 33.2. The van der Waals surface area contributed by atoms with E-state index in [1.807, 2.05) is 13.8 Å². The summed E-state index contributed by atoms with van der Waals surface area (Å²) >= 11 is 0. The topological polar surface area (TPSA) is 77.7 Å². The lowest BCUT2D eigenvalue weighted by atomic mass is 10.3. The fourth-order valence-electron chi connectivity index (χ4n) is 1.48. The van der Waals surface area contributed by atoms with Crippen LogP contribution in [0.15, 0.2) is 12.2 Å². The van der Waals surface area contributed by atoms with Crippen LogP contribution in [0.2, 0.25) is 0 Å². The van der Waals surface area contributed by atoms with Crippen molar-refractivity contribution in [1.82, 2.24) is 0 Å². The third kappa shape index (κ3) is 3.54. The van der Waals surface area contributed by atoms with Gasteiger partial charge in [0.1, 0.15) is 12.2 Å². The summed E-state index contributed by atoms with van der Waals surface area (Å²) in [6.07, 6.45) is 2.67. The van der Waals surface area contributed by atoms with Crippen molar-refractivity contribution in [3.8, 4) is 0 Å². The Morgan fingerprint density at radius 1 is 0.944 bits per heavy atom. The molecule has 0 N–H and O–H groups in total. The smallest absolute Gasteiger partial charge is 0.333 e. The van der Waals surface area contributed by atoms with Crippen molar-refractivity contribution in [2.45, 2.75) is 51.5 Å². The lowest BCUT2D eigenvalue weighted by Gasteiger charge is -1.96. The van der Waals surface area contributed by atoms with E-state index in [-0.39, 0.29) is 12.2 Å². The molecule has 0 aromatic carbocycles. The minimum Gasteiger partial charge on any atom is -0.430 e. The Kier molecular flexibility index (Phi) is 3.98. The Morgan fingerprint density at radius 3 is 1.61 bits per heavy atom. The van der Waals surface area contributed by atoms with Gasteiger partial charge in [-0.15, -0.1) is 0 Å². The molecule has 100 valence electrons. The Hall–Kier alpha value is -1.40. The standard InChI is InChI=1S/C12H16O6/c1-3-7-11(15-7)17-9(13)5-6-10(14)18-12-8(4-2)16-12/h5-8,11-12H,3-4H2,1-2H3/b6-5-. The molecule has 6 nitrogen and oxygen atoms in total. The maximum atomic E-state index is 11.3. The minimum atomic E-state index is -0.614. The first kappa shape index (κ1) is 13.0. The number of epoxide rings is 2. The van der Waals surface area contributed by atoms with Gasteiger partial charge in [-0.3, -0.25) is 0 Å². The van der Waals surface area contributed by atoms with Gasteiger partial charge in [0.05, 0.1) is 0 Å². The summed E-state index contributed by atoms with van der Waals surface area (Å²) in [6.45, 7) is 3.87. The molecule has 0 saturated carbocycles. The van der Waals surface area contributed by atoms with Gasteiger partial charge in [-0.2, -0.15) is 0 Å². The Morgan fingerprint density at radius 2 is 1.33 bits per heavy atom. The fourth-order valence-corrected chi connectivity index (χ4v) is 1.48. The van der Waals surface area contributed by atoms with Crippen LogP contribution < -0.4 is 0 Å². The molecule has 0 bridgehead atoms.